The third-order valence-corrected chi connectivity index (χ3v) is 1.10. The van der Waals surface area contributed by atoms with Gasteiger partial charge in [0, 0.05) is 19.5 Å². The van der Waals surface area contributed by atoms with Gasteiger partial charge in [-0.2, -0.15) is 0 Å². The third kappa shape index (κ3) is 10.8. The van der Waals surface area contributed by atoms with E-state index < -0.39 is 20.2 Å². The van der Waals surface area contributed by atoms with Gasteiger partial charge in [0.25, 0.3) is 20.2 Å². The minimum absolute atomic E-state index is 0. The van der Waals surface area contributed by atoms with E-state index in [4.69, 9.17) is 9.11 Å². The number of rotatable bonds is 1. The third-order valence-electron chi connectivity index (χ3n) is 0.122. The summed E-state index contributed by atoms with van der Waals surface area (Å²) in [7, 11) is -5.18. The number of hydrogen-bond donors (Lipinski definition) is 2. The van der Waals surface area contributed by atoms with Crippen molar-refractivity contribution in [2.75, 3.05) is 0 Å². The van der Waals surface area contributed by atoms with Crippen LogP contribution in [0.25, 0.3) is 0 Å². The molecule has 2 N–H and O–H groups in total. The maximum atomic E-state index is 9.26. The van der Waals surface area contributed by atoms with Crippen LogP contribution < -0.4 is 0 Å². The SMILES string of the molecule is O=S(O)S(=O)O.[NaH].[Zn]. The molecule has 2 unspecified atom stereocenters. The molecule has 0 saturated heterocycles. The van der Waals surface area contributed by atoms with Crippen LogP contribution in [0, 0.1) is 0 Å². The fraction of sp³-hybridized carbons (Fsp3) is 0. The van der Waals surface area contributed by atoms with Crippen LogP contribution in [-0.4, -0.2) is 47.1 Å². The van der Waals surface area contributed by atoms with Gasteiger partial charge in [-0.25, -0.2) is 8.42 Å². The molecule has 0 amide bonds. The zero-order chi connectivity index (χ0) is 5.15. The number of hydrogen-bond acceptors (Lipinski definition) is 2. The molecule has 0 heterocycles. The van der Waals surface area contributed by atoms with Crippen molar-refractivity contribution in [3.8, 4) is 0 Å². The minimum Gasteiger partial charge on any atom is 0 e. The first-order chi connectivity index (χ1) is 2.64. The van der Waals surface area contributed by atoms with E-state index in [2.05, 4.69) is 0 Å². The molecule has 0 saturated carbocycles. The van der Waals surface area contributed by atoms with Crippen LogP contribution in [0.15, 0.2) is 0 Å². The largest absolute Gasteiger partial charge is 0 e. The molecule has 0 aromatic heterocycles. The zero-order valence-electron chi connectivity index (χ0n) is 3.23. The van der Waals surface area contributed by atoms with Gasteiger partial charge in [-0.15, -0.1) is 0 Å². The van der Waals surface area contributed by atoms with Crippen molar-refractivity contribution in [2.45, 2.75) is 0 Å². The van der Waals surface area contributed by atoms with Gasteiger partial charge in [0.2, 0.25) is 0 Å². The Balaban J connectivity index is -0.000000125. The van der Waals surface area contributed by atoms with Crippen LogP contribution in [0.3, 0.4) is 0 Å². The molecule has 42 valence electrons. The topological polar surface area (TPSA) is 74.6 Å². The Labute approximate surface area is 85.8 Å². The summed E-state index contributed by atoms with van der Waals surface area (Å²) in [4.78, 5) is 0. The Morgan fingerprint density at radius 1 is 1.00 bits per heavy atom. The first-order valence-corrected chi connectivity index (χ1v) is 3.60. The van der Waals surface area contributed by atoms with E-state index in [1.807, 2.05) is 0 Å². The van der Waals surface area contributed by atoms with Crippen LogP contribution in [0.4, 0.5) is 0 Å². The van der Waals surface area contributed by atoms with Gasteiger partial charge in [-0.3, -0.25) is 9.11 Å². The first kappa shape index (κ1) is 16.4. The maximum Gasteiger partial charge on any atom is 0 e. The molecule has 8 heteroatoms. The molecule has 0 bridgehead atoms. The Morgan fingerprint density at radius 3 is 1.12 bits per heavy atom. The summed E-state index contributed by atoms with van der Waals surface area (Å²) in [6.45, 7) is 0. The van der Waals surface area contributed by atoms with Gasteiger partial charge in [-0.05, 0) is 0 Å². The van der Waals surface area contributed by atoms with Crippen LogP contribution in [-0.2, 0) is 39.7 Å². The van der Waals surface area contributed by atoms with Crippen molar-refractivity contribution in [1.29, 1.82) is 0 Å². The van der Waals surface area contributed by atoms with Gasteiger partial charge < -0.3 is 0 Å². The molecule has 0 fully saturated rings. The van der Waals surface area contributed by atoms with Gasteiger partial charge in [0.15, 0.2) is 0 Å². The Morgan fingerprint density at radius 2 is 1.12 bits per heavy atom. The van der Waals surface area contributed by atoms with Crippen LogP contribution in [0.1, 0.15) is 0 Å². The van der Waals surface area contributed by atoms with E-state index in [0.29, 0.717) is 0 Å². The molecule has 0 aromatic rings. The summed E-state index contributed by atoms with van der Waals surface area (Å²) in [5.41, 5.74) is 0. The standard InChI is InChI=1S/Na.H2O4S2.Zn.H/c;1-5(2)6(3)4;;/h;(H,1,2)(H,3,4);;. The molecular formula is H3NaO4S2Zn. The molecule has 0 aromatic carbocycles. The van der Waals surface area contributed by atoms with Gasteiger partial charge in [-0.1, -0.05) is 0 Å². The maximum absolute atomic E-state index is 9.26. The molecule has 0 radical (unpaired) electrons. The van der Waals surface area contributed by atoms with E-state index in [1.54, 1.807) is 0 Å². The summed E-state index contributed by atoms with van der Waals surface area (Å²) in [5, 5.41) is 0. The fourth-order valence-corrected chi connectivity index (χ4v) is 0. The van der Waals surface area contributed by atoms with Crippen molar-refractivity contribution in [2.24, 2.45) is 0 Å². The average Bonchev–Trinajstić information content (AvgIpc) is 1.36. The predicted molar refractivity (Wildman–Crippen MR) is 28.7 cm³/mol. The molecule has 0 aliphatic rings. The summed E-state index contributed by atoms with van der Waals surface area (Å²) >= 11 is 0. The van der Waals surface area contributed by atoms with Crippen LogP contribution >= 0.6 is 0 Å². The monoisotopic (exact) mass is 218 g/mol. The van der Waals surface area contributed by atoms with E-state index in [9.17, 15) is 8.42 Å². The molecule has 0 spiro atoms. The molecule has 0 rings (SSSR count). The fourth-order valence-electron chi connectivity index (χ4n) is 0. The van der Waals surface area contributed by atoms with Crippen molar-refractivity contribution < 1.29 is 37.0 Å². The summed E-state index contributed by atoms with van der Waals surface area (Å²) in [5.74, 6) is 0. The summed E-state index contributed by atoms with van der Waals surface area (Å²) in [6.07, 6.45) is 0. The normalized spacial score (nSPS) is 14.8. The summed E-state index contributed by atoms with van der Waals surface area (Å²) < 4.78 is 33.6. The second-order valence-corrected chi connectivity index (χ2v) is 3.01. The van der Waals surface area contributed by atoms with Crippen LogP contribution in [0.5, 0.6) is 0 Å². The average molecular weight is 220 g/mol. The first-order valence-electron chi connectivity index (χ1n) is 0.865. The van der Waals surface area contributed by atoms with Gasteiger partial charge in [0.1, 0.15) is 0 Å². The molecule has 0 aliphatic carbocycles. The van der Waals surface area contributed by atoms with Gasteiger partial charge in [0.05, 0.1) is 0 Å². The molecule has 4 nitrogen and oxygen atoms in total. The van der Waals surface area contributed by atoms with Crippen LogP contribution in [0.2, 0.25) is 0 Å². The second kappa shape index (κ2) is 8.84. The predicted octanol–water partition coefficient (Wildman–Crippen LogP) is -1.31. The van der Waals surface area contributed by atoms with E-state index in [1.165, 1.54) is 0 Å². The smallest absolute Gasteiger partial charge is 0 e. The van der Waals surface area contributed by atoms with Crippen molar-refractivity contribution in [3.63, 3.8) is 0 Å². The van der Waals surface area contributed by atoms with E-state index in [0.717, 1.165) is 0 Å². The van der Waals surface area contributed by atoms with E-state index in [-0.39, 0.29) is 49.0 Å². The summed E-state index contributed by atoms with van der Waals surface area (Å²) in [6, 6.07) is 0. The minimum atomic E-state index is -2.59. The molecule has 2 atom stereocenters. The quantitative estimate of drug-likeness (QED) is 0.326. The Kier molecular flexibility index (Phi) is 18.2. The zero-order valence-corrected chi connectivity index (χ0v) is 7.83. The van der Waals surface area contributed by atoms with Gasteiger partial charge >= 0.3 is 29.6 Å². The van der Waals surface area contributed by atoms with Crippen molar-refractivity contribution in [3.05, 3.63) is 0 Å². The Hall–Kier alpha value is 1.84. The van der Waals surface area contributed by atoms with E-state index >= 15 is 0 Å². The molecule has 8 heavy (non-hydrogen) atoms. The second-order valence-electron chi connectivity index (χ2n) is 0.434. The molecule has 0 aliphatic heterocycles. The molecular weight excluding hydrogens is 217 g/mol. The van der Waals surface area contributed by atoms with Crippen molar-refractivity contribution in [1.82, 2.24) is 0 Å². The van der Waals surface area contributed by atoms with Crippen molar-refractivity contribution >= 4 is 49.8 Å². The Bertz CT molecular complexity index is 80.0.